The van der Waals surface area contributed by atoms with Crippen LogP contribution in [0.4, 0.5) is 10.7 Å². The van der Waals surface area contributed by atoms with Gasteiger partial charge in [-0.05, 0) is 27.3 Å². The minimum atomic E-state index is -0.125. The zero-order valence-electron chi connectivity index (χ0n) is 11.7. The van der Waals surface area contributed by atoms with Gasteiger partial charge < -0.3 is 14.3 Å². The van der Waals surface area contributed by atoms with Crippen molar-refractivity contribution in [3.8, 4) is 0 Å². The Morgan fingerprint density at radius 2 is 2.32 bits per heavy atom. The number of anilines is 1. The second kappa shape index (κ2) is 5.83. The lowest BCUT2D eigenvalue weighted by molar-refractivity contribution is 0.215. The molecule has 0 aliphatic carbocycles. The van der Waals surface area contributed by atoms with Gasteiger partial charge in [0.15, 0.2) is 0 Å². The van der Waals surface area contributed by atoms with E-state index in [1.165, 1.54) is 0 Å². The predicted octanol–water partition coefficient (Wildman–Crippen LogP) is 1.49. The van der Waals surface area contributed by atoms with Crippen molar-refractivity contribution in [2.75, 3.05) is 38.8 Å². The molecule has 0 radical (unpaired) electrons. The lowest BCUT2D eigenvalue weighted by Gasteiger charge is -2.23. The number of rotatable bonds is 3. The monoisotopic (exact) mass is 284 g/mol. The number of hydrogen-bond donors (Lipinski definition) is 1. The lowest BCUT2D eigenvalue weighted by Crippen LogP contribution is -2.38. The Labute approximate surface area is 117 Å². The van der Waals surface area contributed by atoms with Crippen LogP contribution in [-0.4, -0.2) is 65.7 Å². The van der Waals surface area contributed by atoms with Gasteiger partial charge in [-0.3, -0.25) is 5.32 Å². The van der Waals surface area contributed by atoms with E-state index in [9.17, 15) is 4.79 Å². The molecule has 2 heterocycles. The van der Waals surface area contributed by atoms with E-state index >= 15 is 0 Å². The van der Waals surface area contributed by atoms with Gasteiger partial charge in [0.1, 0.15) is 0 Å². The molecule has 106 valence electrons. The summed E-state index contributed by atoms with van der Waals surface area (Å²) in [5, 5.41) is 6.93. The van der Waals surface area contributed by atoms with Crippen LogP contribution in [0.5, 0.6) is 0 Å². The second-order valence-electron chi connectivity index (χ2n) is 4.97. The molecule has 1 N–H and O–H groups in total. The molecule has 19 heavy (non-hydrogen) atoms. The molecule has 1 saturated heterocycles. The second-order valence-corrected chi connectivity index (χ2v) is 6.05. The molecule has 1 aromatic rings. The lowest BCUT2D eigenvalue weighted by atomic mass is 10.2. The molecule has 7 heteroatoms. The molecule has 1 aliphatic rings. The van der Waals surface area contributed by atoms with Gasteiger partial charge >= 0.3 is 6.03 Å². The van der Waals surface area contributed by atoms with E-state index in [2.05, 4.69) is 35.7 Å². The number of nitrogens with zero attached hydrogens (tertiary/aromatic N) is 3. The average Bonchev–Trinajstić information content (AvgIpc) is 2.95. The SMILES string of the molecule is CS[C@@H]1CN(C(=O)Nc2cc(C)no2)C[C@H]1N(C)C. The Morgan fingerprint density at radius 3 is 2.79 bits per heavy atom. The number of urea groups is 1. The summed E-state index contributed by atoms with van der Waals surface area (Å²) >= 11 is 1.80. The fourth-order valence-electron chi connectivity index (χ4n) is 2.26. The summed E-state index contributed by atoms with van der Waals surface area (Å²) < 4.78 is 5.00. The number of likely N-dealkylation sites (tertiary alicyclic amines) is 1. The van der Waals surface area contributed by atoms with Crippen molar-refractivity contribution >= 4 is 23.7 Å². The van der Waals surface area contributed by atoms with Crippen LogP contribution in [0, 0.1) is 6.92 Å². The Morgan fingerprint density at radius 1 is 1.58 bits per heavy atom. The van der Waals surface area contributed by atoms with E-state index in [4.69, 9.17) is 4.52 Å². The topological polar surface area (TPSA) is 61.6 Å². The summed E-state index contributed by atoms with van der Waals surface area (Å²) in [6.45, 7) is 3.31. The Balaban J connectivity index is 1.97. The molecule has 1 aliphatic heterocycles. The summed E-state index contributed by atoms with van der Waals surface area (Å²) in [5.41, 5.74) is 0.755. The molecule has 6 nitrogen and oxygen atoms in total. The number of hydrogen-bond acceptors (Lipinski definition) is 5. The van der Waals surface area contributed by atoms with Crippen molar-refractivity contribution in [1.29, 1.82) is 0 Å². The molecule has 0 spiro atoms. The van der Waals surface area contributed by atoms with Crippen molar-refractivity contribution in [2.45, 2.75) is 18.2 Å². The smallest absolute Gasteiger partial charge is 0.324 e. The maximum Gasteiger partial charge on any atom is 0.324 e. The zero-order chi connectivity index (χ0) is 14.0. The van der Waals surface area contributed by atoms with Crippen molar-refractivity contribution in [3.63, 3.8) is 0 Å². The highest BCUT2D eigenvalue weighted by Crippen LogP contribution is 2.24. The highest BCUT2D eigenvalue weighted by atomic mass is 32.2. The third-order valence-corrected chi connectivity index (χ3v) is 4.42. The molecule has 0 aromatic carbocycles. The molecule has 0 saturated carbocycles. The maximum atomic E-state index is 12.2. The van der Waals surface area contributed by atoms with Gasteiger partial charge in [0, 0.05) is 30.4 Å². The molecular formula is C12H20N4O2S. The number of likely N-dealkylation sites (N-methyl/N-ethyl adjacent to an activating group) is 1. The Kier molecular flexibility index (Phi) is 4.36. The van der Waals surface area contributed by atoms with E-state index in [0.29, 0.717) is 17.2 Å². The maximum absolute atomic E-state index is 12.2. The van der Waals surface area contributed by atoms with Crippen LogP contribution < -0.4 is 5.32 Å². The van der Waals surface area contributed by atoms with Crippen LogP contribution in [0.25, 0.3) is 0 Å². The summed E-state index contributed by atoms with van der Waals surface area (Å²) in [6, 6.07) is 1.97. The van der Waals surface area contributed by atoms with Gasteiger partial charge in [0.05, 0.1) is 5.69 Å². The summed E-state index contributed by atoms with van der Waals surface area (Å²) in [4.78, 5) is 16.1. The zero-order valence-corrected chi connectivity index (χ0v) is 12.5. The number of carbonyl (C=O) groups is 1. The van der Waals surface area contributed by atoms with Gasteiger partial charge in [-0.1, -0.05) is 5.16 Å². The van der Waals surface area contributed by atoms with Crippen molar-refractivity contribution < 1.29 is 9.32 Å². The minimum Gasteiger partial charge on any atom is -0.338 e. The molecule has 0 unspecified atom stereocenters. The molecular weight excluding hydrogens is 264 g/mol. The quantitative estimate of drug-likeness (QED) is 0.911. The summed E-state index contributed by atoms with van der Waals surface area (Å²) in [5.74, 6) is 0.400. The minimum absolute atomic E-state index is 0.125. The molecule has 0 bridgehead atoms. The predicted molar refractivity (Wildman–Crippen MR) is 76.6 cm³/mol. The van der Waals surface area contributed by atoms with Gasteiger partial charge in [-0.25, -0.2) is 4.79 Å². The standard InChI is InChI=1S/C12H20N4O2S/c1-8-5-11(18-14-8)13-12(17)16-6-9(15(2)3)10(7-16)19-4/h5,9-10H,6-7H2,1-4H3,(H,13,17)/t9-,10-/m1/s1. The fourth-order valence-corrected chi connectivity index (χ4v) is 3.23. The number of thioether (sulfide) groups is 1. The Hall–Kier alpha value is -1.21. The van der Waals surface area contributed by atoms with Crippen LogP contribution in [0.3, 0.4) is 0 Å². The molecule has 2 rings (SSSR count). The molecule has 2 amide bonds. The highest BCUT2D eigenvalue weighted by Gasteiger charge is 2.36. The normalized spacial score (nSPS) is 23.1. The van der Waals surface area contributed by atoms with E-state index < -0.39 is 0 Å². The number of amides is 2. The number of aryl methyl sites for hydroxylation is 1. The third kappa shape index (κ3) is 3.22. The van der Waals surface area contributed by atoms with Gasteiger partial charge in [-0.15, -0.1) is 0 Å². The van der Waals surface area contributed by atoms with E-state index in [1.807, 2.05) is 11.8 Å². The van der Waals surface area contributed by atoms with Crippen LogP contribution >= 0.6 is 11.8 Å². The first kappa shape index (κ1) is 14.2. The van der Waals surface area contributed by atoms with Crippen LogP contribution in [0.15, 0.2) is 10.6 Å². The number of carbonyl (C=O) groups excluding carboxylic acids is 1. The molecule has 1 fully saturated rings. The van der Waals surface area contributed by atoms with Crippen LogP contribution in [0.2, 0.25) is 0 Å². The molecule has 1 aromatic heterocycles. The molecule has 2 atom stereocenters. The summed E-state index contributed by atoms with van der Waals surface area (Å²) in [7, 11) is 4.10. The third-order valence-electron chi connectivity index (χ3n) is 3.35. The van der Waals surface area contributed by atoms with Gasteiger partial charge in [0.25, 0.3) is 0 Å². The van der Waals surface area contributed by atoms with Gasteiger partial charge in [0.2, 0.25) is 5.88 Å². The largest absolute Gasteiger partial charge is 0.338 e. The Bertz CT molecular complexity index is 449. The highest BCUT2D eigenvalue weighted by molar-refractivity contribution is 7.99. The van der Waals surface area contributed by atoms with E-state index in [-0.39, 0.29) is 6.03 Å². The fraction of sp³-hybridized carbons (Fsp3) is 0.667. The summed E-state index contributed by atoms with van der Waals surface area (Å²) in [6.07, 6.45) is 2.09. The first-order chi connectivity index (χ1) is 9.01. The first-order valence-electron chi connectivity index (χ1n) is 6.19. The van der Waals surface area contributed by atoms with E-state index in [1.54, 1.807) is 17.8 Å². The van der Waals surface area contributed by atoms with Crippen LogP contribution in [0.1, 0.15) is 5.69 Å². The van der Waals surface area contributed by atoms with Crippen molar-refractivity contribution in [3.05, 3.63) is 11.8 Å². The van der Waals surface area contributed by atoms with E-state index in [0.717, 1.165) is 18.8 Å². The first-order valence-corrected chi connectivity index (χ1v) is 7.48. The van der Waals surface area contributed by atoms with Crippen molar-refractivity contribution in [1.82, 2.24) is 15.0 Å². The average molecular weight is 284 g/mol. The number of nitrogens with one attached hydrogen (secondary N) is 1. The van der Waals surface area contributed by atoms with Gasteiger partial charge in [-0.2, -0.15) is 11.8 Å². The number of aromatic nitrogens is 1. The van der Waals surface area contributed by atoms with Crippen LogP contribution in [-0.2, 0) is 0 Å². The van der Waals surface area contributed by atoms with Crippen molar-refractivity contribution in [2.24, 2.45) is 0 Å².